The van der Waals surface area contributed by atoms with E-state index in [1.165, 1.54) is 30.7 Å². The highest BCUT2D eigenvalue weighted by Crippen LogP contribution is 2.25. The number of carbonyl (C=O) groups excluding carboxylic acids is 2. The molecule has 3 rings (SSSR count). The summed E-state index contributed by atoms with van der Waals surface area (Å²) >= 11 is 0. The molecule has 30 heavy (non-hydrogen) atoms. The molecule has 2 aromatic carbocycles. The van der Waals surface area contributed by atoms with E-state index in [4.69, 9.17) is 0 Å². The summed E-state index contributed by atoms with van der Waals surface area (Å²) < 4.78 is 0. The van der Waals surface area contributed by atoms with Gasteiger partial charge in [0.1, 0.15) is 0 Å². The summed E-state index contributed by atoms with van der Waals surface area (Å²) in [7, 11) is 0. The van der Waals surface area contributed by atoms with Gasteiger partial charge in [-0.25, -0.2) is 5.43 Å². The van der Waals surface area contributed by atoms with Gasteiger partial charge in [-0.3, -0.25) is 19.7 Å². The van der Waals surface area contributed by atoms with Gasteiger partial charge in [0.2, 0.25) is 5.91 Å². The van der Waals surface area contributed by atoms with Gasteiger partial charge in [-0.15, -0.1) is 0 Å². The van der Waals surface area contributed by atoms with Crippen LogP contribution in [0.2, 0.25) is 0 Å². The summed E-state index contributed by atoms with van der Waals surface area (Å²) in [5, 5.41) is 17.7. The average Bonchev–Trinajstić information content (AvgIpc) is 2.78. The minimum absolute atomic E-state index is 0.0724. The van der Waals surface area contributed by atoms with Crippen LogP contribution >= 0.6 is 0 Å². The first kappa shape index (κ1) is 21.2. The Morgan fingerprint density at radius 1 is 0.967 bits per heavy atom. The highest BCUT2D eigenvalue weighted by molar-refractivity contribution is 6.01. The van der Waals surface area contributed by atoms with E-state index in [1.807, 2.05) is 24.3 Å². The van der Waals surface area contributed by atoms with Crippen LogP contribution in [0.3, 0.4) is 0 Å². The average molecular weight is 408 g/mol. The standard InChI is InChI=1S/C22H24N4O4/c1-15(24-25-22(28)18-9-13-20(14-10-18)26(29)30)16-7-11-19(12-8-16)23-21(27)17-5-3-2-4-6-17/h7-14,17H,2-6H2,1H3,(H,23,27)(H,25,28)/b24-15-. The molecule has 156 valence electrons. The van der Waals surface area contributed by atoms with Crippen molar-refractivity contribution in [3.63, 3.8) is 0 Å². The van der Waals surface area contributed by atoms with E-state index in [2.05, 4.69) is 15.8 Å². The summed E-state index contributed by atoms with van der Waals surface area (Å²) in [5.41, 5.74) is 4.77. The van der Waals surface area contributed by atoms with Gasteiger partial charge in [-0.2, -0.15) is 5.10 Å². The largest absolute Gasteiger partial charge is 0.326 e. The summed E-state index contributed by atoms with van der Waals surface area (Å²) in [6, 6.07) is 12.6. The molecular formula is C22H24N4O4. The van der Waals surface area contributed by atoms with Gasteiger partial charge in [-0.1, -0.05) is 31.4 Å². The number of non-ortho nitro benzene ring substituents is 1. The Morgan fingerprint density at radius 3 is 2.17 bits per heavy atom. The Bertz CT molecular complexity index is 946. The molecule has 8 nitrogen and oxygen atoms in total. The highest BCUT2D eigenvalue weighted by Gasteiger charge is 2.21. The number of anilines is 1. The zero-order valence-corrected chi connectivity index (χ0v) is 16.8. The van der Waals surface area contributed by atoms with Crippen molar-refractivity contribution in [3.05, 3.63) is 69.8 Å². The van der Waals surface area contributed by atoms with E-state index in [0.29, 0.717) is 5.71 Å². The summed E-state index contributed by atoms with van der Waals surface area (Å²) in [5.74, 6) is -0.292. The second-order valence-corrected chi connectivity index (χ2v) is 7.34. The molecule has 1 saturated carbocycles. The Hall–Kier alpha value is -3.55. The lowest BCUT2D eigenvalue weighted by Gasteiger charge is -2.20. The number of amides is 2. The molecule has 0 bridgehead atoms. The van der Waals surface area contributed by atoms with E-state index in [1.54, 1.807) is 6.92 Å². The number of nitrogens with one attached hydrogen (secondary N) is 2. The summed E-state index contributed by atoms with van der Waals surface area (Å²) in [6.45, 7) is 1.76. The van der Waals surface area contributed by atoms with E-state index < -0.39 is 10.8 Å². The van der Waals surface area contributed by atoms with Gasteiger partial charge in [0.15, 0.2) is 0 Å². The SMILES string of the molecule is C/C(=N/NC(=O)c1ccc([N+](=O)[O-])cc1)c1ccc(NC(=O)C2CCCCC2)cc1. The Morgan fingerprint density at radius 2 is 1.57 bits per heavy atom. The maximum atomic E-state index is 12.3. The molecule has 8 heteroatoms. The number of nitro benzene ring substituents is 1. The molecule has 1 fully saturated rings. The third-order valence-electron chi connectivity index (χ3n) is 5.21. The third-order valence-corrected chi connectivity index (χ3v) is 5.21. The number of hydrogen-bond donors (Lipinski definition) is 2. The van der Waals surface area contributed by atoms with Crippen molar-refractivity contribution >= 4 is 28.9 Å². The first-order valence-electron chi connectivity index (χ1n) is 9.94. The minimum Gasteiger partial charge on any atom is -0.326 e. The number of nitro groups is 1. The first-order valence-corrected chi connectivity index (χ1v) is 9.94. The Labute approximate surface area is 174 Å². The van der Waals surface area contributed by atoms with Crippen LogP contribution in [-0.2, 0) is 4.79 Å². The van der Waals surface area contributed by atoms with Crippen LogP contribution in [-0.4, -0.2) is 22.4 Å². The molecule has 0 saturated heterocycles. The number of hydrazone groups is 1. The van der Waals surface area contributed by atoms with E-state index in [9.17, 15) is 19.7 Å². The van der Waals surface area contributed by atoms with Crippen molar-refractivity contribution in [2.24, 2.45) is 11.0 Å². The molecule has 0 radical (unpaired) electrons. The van der Waals surface area contributed by atoms with E-state index >= 15 is 0 Å². The molecule has 1 aliphatic carbocycles. The van der Waals surface area contributed by atoms with Gasteiger partial charge in [0.05, 0.1) is 10.6 Å². The lowest BCUT2D eigenvalue weighted by Crippen LogP contribution is -2.24. The molecule has 2 aromatic rings. The van der Waals surface area contributed by atoms with Crippen LogP contribution in [0, 0.1) is 16.0 Å². The number of nitrogens with zero attached hydrogens (tertiary/aromatic N) is 2. The molecule has 0 aliphatic heterocycles. The second kappa shape index (κ2) is 9.78. The molecule has 1 aliphatic rings. The van der Waals surface area contributed by atoms with Crippen LogP contribution in [0.4, 0.5) is 11.4 Å². The Kier molecular flexibility index (Phi) is 6.90. The number of carbonyl (C=O) groups is 2. The van der Waals surface area contributed by atoms with Crippen molar-refractivity contribution < 1.29 is 14.5 Å². The maximum Gasteiger partial charge on any atom is 0.271 e. The monoisotopic (exact) mass is 408 g/mol. The zero-order chi connectivity index (χ0) is 21.5. The molecule has 2 N–H and O–H groups in total. The smallest absolute Gasteiger partial charge is 0.271 e. The zero-order valence-electron chi connectivity index (χ0n) is 16.8. The summed E-state index contributed by atoms with van der Waals surface area (Å²) in [6.07, 6.45) is 5.32. The van der Waals surface area contributed by atoms with Crippen molar-refractivity contribution in [3.8, 4) is 0 Å². The van der Waals surface area contributed by atoms with Crippen LogP contribution in [0.25, 0.3) is 0 Å². The van der Waals surface area contributed by atoms with Gasteiger partial charge < -0.3 is 5.32 Å². The highest BCUT2D eigenvalue weighted by atomic mass is 16.6. The van der Waals surface area contributed by atoms with Crippen molar-refractivity contribution in [2.75, 3.05) is 5.32 Å². The fourth-order valence-electron chi connectivity index (χ4n) is 3.40. The minimum atomic E-state index is -0.523. The lowest BCUT2D eigenvalue weighted by atomic mass is 9.88. The fourth-order valence-corrected chi connectivity index (χ4v) is 3.40. The number of hydrogen-bond acceptors (Lipinski definition) is 5. The normalized spacial score (nSPS) is 14.8. The van der Waals surface area contributed by atoms with Crippen LogP contribution in [0.5, 0.6) is 0 Å². The Balaban J connectivity index is 1.57. The lowest BCUT2D eigenvalue weighted by molar-refractivity contribution is -0.384. The van der Waals surface area contributed by atoms with Gasteiger partial charge in [-0.05, 0) is 49.6 Å². The van der Waals surface area contributed by atoms with Gasteiger partial charge in [0.25, 0.3) is 11.6 Å². The van der Waals surface area contributed by atoms with Crippen molar-refractivity contribution in [1.29, 1.82) is 0 Å². The number of benzene rings is 2. The fraction of sp³-hybridized carbons (Fsp3) is 0.318. The number of rotatable bonds is 6. The van der Waals surface area contributed by atoms with Crippen LogP contribution in [0.15, 0.2) is 53.6 Å². The third kappa shape index (κ3) is 5.50. The van der Waals surface area contributed by atoms with E-state index in [0.717, 1.165) is 36.9 Å². The van der Waals surface area contributed by atoms with Crippen molar-refractivity contribution in [2.45, 2.75) is 39.0 Å². The molecule has 2 amide bonds. The van der Waals surface area contributed by atoms with Crippen LogP contribution < -0.4 is 10.7 Å². The predicted octanol–water partition coefficient (Wildman–Crippen LogP) is 4.27. The van der Waals surface area contributed by atoms with E-state index in [-0.39, 0.29) is 23.1 Å². The molecule has 0 unspecified atom stereocenters. The second-order valence-electron chi connectivity index (χ2n) is 7.34. The topological polar surface area (TPSA) is 114 Å². The maximum absolute atomic E-state index is 12.3. The molecular weight excluding hydrogens is 384 g/mol. The van der Waals surface area contributed by atoms with Gasteiger partial charge >= 0.3 is 0 Å². The quantitative estimate of drug-likeness (QED) is 0.422. The molecule has 0 heterocycles. The molecule has 0 spiro atoms. The predicted molar refractivity (Wildman–Crippen MR) is 114 cm³/mol. The first-order chi connectivity index (χ1) is 14.4. The summed E-state index contributed by atoms with van der Waals surface area (Å²) in [4.78, 5) is 34.6. The van der Waals surface area contributed by atoms with Gasteiger partial charge in [0, 0.05) is 29.3 Å². The molecule has 0 atom stereocenters. The van der Waals surface area contributed by atoms with Crippen LogP contribution in [0.1, 0.15) is 54.9 Å². The molecule has 0 aromatic heterocycles. The van der Waals surface area contributed by atoms with Crippen molar-refractivity contribution in [1.82, 2.24) is 5.43 Å².